The fraction of sp³-hybridized carbons (Fsp3) is 0.531. The number of hydrogen-bond acceptors (Lipinski definition) is 10. The quantitative estimate of drug-likeness (QED) is 0.238. The van der Waals surface area contributed by atoms with Gasteiger partial charge in [-0.1, -0.05) is 6.07 Å². The van der Waals surface area contributed by atoms with Crippen molar-refractivity contribution < 1.29 is 22.7 Å². The van der Waals surface area contributed by atoms with E-state index in [0.717, 1.165) is 25.8 Å². The summed E-state index contributed by atoms with van der Waals surface area (Å²) in [5, 5.41) is 10.8. The molecule has 7 rings (SSSR count). The van der Waals surface area contributed by atoms with Crippen LogP contribution in [0.2, 0.25) is 0 Å². The number of nitrogens with zero attached hydrogens (tertiary/aromatic N) is 4. The number of sulfonamides is 1. The number of amides is 1. The monoisotopic (exact) mass is 633 g/mol. The van der Waals surface area contributed by atoms with E-state index >= 15 is 0 Å². The molecule has 1 saturated heterocycles. The third-order valence-electron chi connectivity index (χ3n) is 10.1. The number of rotatable bonds is 13. The molecule has 238 valence electrons. The SMILES string of the molecule is CC1(C)C[C@H](CCCNc2cccc(S(=O)(=O)NC(=O)c3ccc(-n4ccc(OCC(=O)C5C6(CC6)C56CC6)n4)nc3)n2)CN1. The van der Waals surface area contributed by atoms with Crippen molar-refractivity contribution in [2.24, 2.45) is 22.7 Å². The normalized spacial score (nSPS) is 21.9. The molecule has 12 nitrogen and oxygen atoms in total. The number of carbonyl (C=O) groups is 2. The van der Waals surface area contributed by atoms with Crippen LogP contribution in [-0.4, -0.2) is 65.1 Å². The number of ketones is 1. The van der Waals surface area contributed by atoms with Gasteiger partial charge in [-0.3, -0.25) is 9.59 Å². The lowest BCUT2D eigenvalue weighted by molar-refractivity contribution is -0.123. The minimum absolute atomic E-state index is 0.0109. The average Bonchev–Trinajstić information content (AvgIpc) is 3.97. The van der Waals surface area contributed by atoms with Crippen molar-refractivity contribution in [3.8, 4) is 11.7 Å². The van der Waals surface area contributed by atoms with Crippen LogP contribution in [0.1, 0.15) is 69.2 Å². The van der Waals surface area contributed by atoms with E-state index in [1.165, 1.54) is 48.7 Å². The smallest absolute Gasteiger partial charge is 0.281 e. The van der Waals surface area contributed by atoms with Crippen LogP contribution in [0.3, 0.4) is 0 Å². The first-order chi connectivity index (χ1) is 21.5. The summed E-state index contributed by atoms with van der Waals surface area (Å²) in [4.78, 5) is 34.0. The second-order valence-electron chi connectivity index (χ2n) is 13.7. The first kappa shape index (κ1) is 29.8. The lowest BCUT2D eigenvalue weighted by Gasteiger charge is -2.17. The molecule has 1 aliphatic heterocycles. The van der Waals surface area contributed by atoms with Gasteiger partial charge in [0.25, 0.3) is 15.9 Å². The summed E-state index contributed by atoms with van der Waals surface area (Å²) in [6, 6.07) is 9.30. The number of aromatic nitrogens is 4. The van der Waals surface area contributed by atoms with Gasteiger partial charge in [-0.05, 0) is 106 Å². The lowest BCUT2D eigenvalue weighted by atomic mass is 9.94. The molecule has 3 N–H and O–H groups in total. The van der Waals surface area contributed by atoms with Gasteiger partial charge in [-0.25, -0.2) is 19.4 Å². The highest BCUT2D eigenvalue weighted by Gasteiger charge is 2.88. The van der Waals surface area contributed by atoms with E-state index in [0.29, 0.717) is 40.8 Å². The van der Waals surface area contributed by atoms with Crippen LogP contribution >= 0.6 is 0 Å². The summed E-state index contributed by atoms with van der Waals surface area (Å²) < 4.78 is 35.1. The third-order valence-corrected chi connectivity index (χ3v) is 11.3. The zero-order valence-electron chi connectivity index (χ0n) is 25.6. The summed E-state index contributed by atoms with van der Waals surface area (Å²) in [5.41, 5.74) is 0.836. The Morgan fingerprint density at radius 1 is 1.09 bits per heavy atom. The molecular weight excluding hydrogens is 594 g/mol. The van der Waals surface area contributed by atoms with Crippen molar-refractivity contribution in [2.45, 2.75) is 69.4 Å². The molecule has 0 bridgehead atoms. The second kappa shape index (κ2) is 10.9. The number of carbonyl (C=O) groups excluding carboxylic acids is 2. The van der Waals surface area contributed by atoms with E-state index in [1.807, 2.05) is 0 Å². The molecule has 3 aromatic heterocycles. The number of pyridine rings is 2. The Balaban J connectivity index is 0.897. The van der Waals surface area contributed by atoms with E-state index in [1.54, 1.807) is 30.5 Å². The van der Waals surface area contributed by atoms with Gasteiger partial charge in [0, 0.05) is 36.5 Å². The van der Waals surface area contributed by atoms with Crippen molar-refractivity contribution in [3.63, 3.8) is 0 Å². The summed E-state index contributed by atoms with van der Waals surface area (Å²) in [6.07, 6.45) is 10.7. The number of anilines is 1. The molecule has 0 unspecified atom stereocenters. The number of fused-ring (bicyclic) bond motifs is 1. The van der Waals surface area contributed by atoms with Crippen LogP contribution in [0.5, 0.6) is 5.88 Å². The van der Waals surface area contributed by atoms with Crippen molar-refractivity contribution in [1.82, 2.24) is 29.8 Å². The molecule has 13 heteroatoms. The van der Waals surface area contributed by atoms with Crippen LogP contribution in [0.4, 0.5) is 5.82 Å². The van der Waals surface area contributed by atoms with Gasteiger partial charge in [0.1, 0.15) is 12.4 Å². The highest BCUT2D eigenvalue weighted by atomic mass is 32.2. The molecule has 1 atom stereocenters. The Labute approximate surface area is 262 Å². The average molecular weight is 634 g/mol. The van der Waals surface area contributed by atoms with Crippen LogP contribution in [0.25, 0.3) is 5.82 Å². The Morgan fingerprint density at radius 3 is 2.53 bits per heavy atom. The molecule has 45 heavy (non-hydrogen) atoms. The maximum atomic E-state index is 13.0. The molecule has 3 aliphatic carbocycles. The summed E-state index contributed by atoms with van der Waals surface area (Å²) in [5.74, 6) is 1.27. The third kappa shape index (κ3) is 5.83. The van der Waals surface area contributed by atoms with Crippen molar-refractivity contribution in [2.75, 3.05) is 25.0 Å². The molecule has 3 saturated carbocycles. The molecule has 1 amide bonds. The predicted molar refractivity (Wildman–Crippen MR) is 165 cm³/mol. The molecule has 0 aromatic carbocycles. The van der Waals surface area contributed by atoms with Crippen molar-refractivity contribution >= 4 is 27.5 Å². The fourth-order valence-electron chi connectivity index (χ4n) is 7.59. The molecule has 0 radical (unpaired) electrons. The Morgan fingerprint density at radius 2 is 1.87 bits per heavy atom. The molecule has 3 aromatic rings. The molecule has 4 aliphatic rings. The number of nitrogens with one attached hydrogen (secondary N) is 3. The van der Waals surface area contributed by atoms with Gasteiger partial charge >= 0.3 is 0 Å². The van der Waals surface area contributed by atoms with Gasteiger partial charge in [-0.2, -0.15) is 8.42 Å². The van der Waals surface area contributed by atoms with Gasteiger partial charge < -0.3 is 15.4 Å². The summed E-state index contributed by atoms with van der Waals surface area (Å²) in [7, 11) is -4.22. The van der Waals surface area contributed by atoms with Gasteiger partial charge in [0.05, 0.1) is 5.56 Å². The number of Topliss-reactive ketones (excluding diaryl/α,β-unsaturated/α-hetero) is 1. The zero-order valence-corrected chi connectivity index (χ0v) is 26.4. The molecule has 2 spiro atoms. The van der Waals surface area contributed by atoms with Gasteiger partial charge in [0.15, 0.2) is 16.6 Å². The van der Waals surface area contributed by atoms with Crippen LogP contribution in [-0.2, 0) is 14.8 Å². The maximum Gasteiger partial charge on any atom is 0.281 e. The van der Waals surface area contributed by atoms with E-state index in [4.69, 9.17) is 4.74 Å². The maximum absolute atomic E-state index is 13.0. The first-order valence-corrected chi connectivity index (χ1v) is 17.2. The molecular formula is C32H39N7O5S. The van der Waals surface area contributed by atoms with Gasteiger partial charge in [-0.15, -0.1) is 5.10 Å². The lowest BCUT2D eigenvalue weighted by Crippen LogP contribution is -2.31. The minimum atomic E-state index is -4.22. The van der Waals surface area contributed by atoms with E-state index < -0.39 is 15.9 Å². The highest BCUT2D eigenvalue weighted by molar-refractivity contribution is 7.90. The Hall–Kier alpha value is -3.84. The predicted octanol–water partition coefficient (Wildman–Crippen LogP) is 3.50. The topological polar surface area (TPSA) is 157 Å². The van der Waals surface area contributed by atoms with Crippen molar-refractivity contribution in [3.05, 3.63) is 54.4 Å². The minimum Gasteiger partial charge on any atom is -0.469 e. The largest absolute Gasteiger partial charge is 0.469 e. The van der Waals surface area contributed by atoms with E-state index in [9.17, 15) is 18.0 Å². The van der Waals surface area contributed by atoms with Crippen LogP contribution in [0.15, 0.2) is 53.8 Å². The zero-order chi connectivity index (χ0) is 31.5. The number of hydrogen-bond donors (Lipinski definition) is 3. The van der Waals surface area contributed by atoms with E-state index in [-0.39, 0.29) is 34.4 Å². The second-order valence-corrected chi connectivity index (χ2v) is 15.3. The van der Waals surface area contributed by atoms with Crippen LogP contribution in [0, 0.1) is 22.7 Å². The molecule has 4 heterocycles. The van der Waals surface area contributed by atoms with Gasteiger partial charge in [0.2, 0.25) is 5.88 Å². The molecule has 4 fully saturated rings. The number of ether oxygens (including phenoxy) is 1. The summed E-state index contributed by atoms with van der Waals surface area (Å²) in [6.45, 7) is 6.12. The first-order valence-electron chi connectivity index (χ1n) is 15.7. The van der Waals surface area contributed by atoms with Crippen molar-refractivity contribution in [1.29, 1.82) is 0 Å². The summed E-state index contributed by atoms with van der Waals surface area (Å²) >= 11 is 0. The fourth-order valence-corrected chi connectivity index (χ4v) is 8.53. The van der Waals surface area contributed by atoms with Crippen LogP contribution < -0.4 is 20.1 Å². The Kier molecular flexibility index (Phi) is 7.23. The highest BCUT2D eigenvalue weighted by Crippen LogP contribution is 2.92. The van der Waals surface area contributed by atoms with E-state index in [2.05, 4.69) is 44.3 Å². The Bertz CT molecular complexity index is 1710. The standard InChI is InChI=1S/C32H39N7O5S/c1-30(2)17-21(18-35-30)5-4-15-33-24-6-3-7-27(36-24)45(42,43)38-29(41)22-8-9-25(34-19-22)39-16-10-26(37-39)44-20-23(40)28-31(11-12-31)32(28)13-14-32/h3,6-10,16,19,21,28,35H,4-5,11-15,17-18,20H2,1-2H3,(H,33,36)(H,38,41)/t21-/m0/s1.